The summed E-state index contributed by atoms with van der Waals surface area (Å²) in [5.41, 5.74) is 20.3. The first-order valence-corrected chi connectivity index (χ1v) is 19.7. The maximum absolute atomic E-state index is 7.13. The quantitative estimate of drug-likeness (QED) is 0.176. The molecule has 268 valence electrons. The molecule has 0 amide bonds. The van der Waals surface area contributed by atoms with Crippen molar-refractivity contribution in [1.29, 1.82) is 0 Å². The van der Waals surface area contributed by atoms with Gasteiger partial charge in [-0.1, -0.05) is 167 Å². The van der Waals surface area contributed by atoms with E-state index in [0.717, 1.165) is 39.0 Å². The number of nitrogens with zero attached hydrogens (tertiary/aromatic N) is 1. The molecular formula is C54H41NO. The van der Waals surface area contributed by atoms with Crippen molar-refractivity contribution < 1.29 is 4.42 Å². The summed E-state index contributed by atoms with van der Waals surface area (Å²) in [6, 6.07) is 64.3. The van der Waals surface area contributed by atoms with Gasteiger partial charge in [0.2, 0.25) is 0 Å². The molecule has 0 spiro atoms. The summed E-state index contributed by atoms with van der Waals surface area (Å²) in [5.74, 6) is 0. The summed E-state index contributed by atoms with van der Waals surface area (Å²) in [5, 5.41) is 2.26. The fourth-order valence-electron chi connectivity index (χ4n) is 9.75. The Balaban J connectivity index is 1.06. The number of fused-ring (bicyclic) bond motifs is 10. The Hall–Kier alpha value is -6.64. The first-order valence-electron chi connectivity index (χ1n) is 19.7. The van der Waals surface area contributed by atoms with Crippen LogP contribution in [0.3, 0.4) is 0 Å². The Morgan fingerprint density at radius 3 is 1.62 bits per heavy atom. The fourth-order valence-corrected chi connectivity index (χ4v) is 9.75. The molecule has 1 heterocycles. The summed E-state index contributed by atoms with van der Waals surface area (Å²) in [6.45, 7) is 9.34. The van der Waals surface area contributed by atoms with Gasteiger partial charge in [-0.05, 0) is 97.6 Å². The van der Waals surface area contributed by atoms with Crippen molar-refractivity contribution in [2.75, 3.05) is 4.90 Å². The van der Waals surface area contributed by atoms with Crippen molar-refractivity contribution in [3.05, 3.63) is 198 Å². The van der Waals surface area contributed by atoms with Gasteiger partial charge in [0.05, 0.1) is 5.69 Å². The predicted octanol–water partition coefficient (Wildman–Crippen LogP) is 15.0. The molecule has 1 aromatic heterocycles. The molecule has 0 radical (unpaired) electrons. The van der Waals surface area contributed by atoms with Gasteiger partial charge in [0.25, 0.3) is 0 Å². The molecule has 0 saturated carbocycles. The van der Waals surface area contributed by atoms with E-state index < -0.39 is 0 Å². The number of furan rings is 1. The van der Waals surface area contributed by atoms with Crippen LogP contribution in [0.4, 0.5) is 17.1 Å². The zero-order chi connectivity index (χ0) is 37.8. The zero-order valence-electron chi connectivity index (χ0n) is 32.1. The van der Waals surface area contributed by atoms with E-state index in [4.69, 9.17) is 4.42 Å². The molecule has 0 atom stereocenters. The molecule has 0 unspecified atom stereocenters. The number of benzene rings is 8. The van der Waals surface area contributed by atoms with Crippen LogP contribution in [0, 0.1) is 0 Å². The van der Waals surface area contributed by atoms with E-state index >= 15 is 0 Å². The lowest BCUT2D eigenvalue weighted by molar-refractivity contribution is 0.653. The molecule has 0 N–H and O–H groups in total. The van der Waals surface area contributed by atoms with Crippen molar-refractivity contribution in [2.24, 2.45) is 0 Å². The van der Waals surface area contributed by atoms with Crippen LogP contribution in [0.5, 0.6) is 0 Å². The van der Waals surface area contributed by atoms with Gasteiger partial charge in [-0.3, -0.25) is 0 Å². The molecule has 11 rings (SSSR count). The molecule has 2 heteroatoms. The molecule has 0 bridgehead atoms. The number of para-hydroxylation sites is 1. The molecule has 0 saturated heterocycles. The van der Waals surface area contributed by atoms with Gasteiger partial charge >= 0.3 is 0 Å². The minimum absolute atomic E-state index is 0.0478. The maximum Gasteiger partial charge on any atom is 0.159 e. The highest BCUT2D eigenvalue weighted by molar-refractivity contribution is 6.15. The van der Waals surface area contributed by atoms with Crippen LogP contribution < -0.4 is 4.90 Å². The van der Waals surface area contributed by atoms with E-state index in [1.54, 1.807) is 0 Å². The second kappa shape index (κ2) is 11.9. The van der Waals surface area contributed by atoms with Gasteiger partial charge < -0.3 is 9.32 Å². The lowest BCUT2D eigenvalue weighted by Gasteiger charge is -2.26. The van der Waals surface area contributed by atoms with Crippen LogP contribution in [0.1, 0.15) is 49.9 Å². The minimum Gasteiger partial charge on any atom is -0.453 e. The van der Waals surface area contributed by atoms with E-state index in [1.165, 1.54) is 66.8 Å². The van der Waals surface area contributed by atoms with Crippen molar-refractivity contribution in [2.45, 2.75) is 38.5 Å². The normalized spacial score (nSPS) is 14.4. The van der Waals surface area contributed by atoms with Crippen molar-refractivity contribution in [3.8, 4) is 44.5 Å². The zero-order valence-corrected chi connectivity index (χ0v) is 32.1. The molecule has 2 aliphatic carbocycles. The summed E-state index contributed by atoms with van der Waals surface area (Å²) in [4.78, 5) is 2.35. The lowest BCUT2D eigenvalue weighted by Crippen LogP contribution is -2.14. The lowest BCUT2D eigenvalue weighted by atomic mass is 9.81. The molecule has 0 aliphatic heterocycles. The Kier molecular flexibility index (Phi) is 6.98. The number of anilines is 3. The molecule has 2 nitrogen and oxygen atoms in total. The highest BCUT2D eigenvalue weighted by Gasteiger charge is 2.38. The first kappa shape index (κ1) is 32.8. The van der Waals surface area contributed by atoms with Crippen LogP contribution in [0.15, 0.2) is 180 Å². The average molecular weight is 720 g/mol. The Morgan fingerprint density at radius 1 is 0.375 bits per heavy atom. The second-order valence-corrected chi connectivity index (χ2v) is 16.5. The van der Waals surface area contributed by atoms with Crippen LogP contribution >= 0.6 is 0 Å². The summed E-state index contributed by atoms with van der Waals surface area (Å²) in [6.07, 6.45) is 0. The van der Waals surface area contributed by atoms with Crippen LogP contribution in [0.25, 0.3) is 66.4 Å². The standard InChI is InChI=1S/C54H41NO/c1-53(2)46-19-11-9-16-44(46)50-47(53)32-31-43-42-17-12-20-49(51(42)56-52(43)50)55(38-26-21-35(22-27-38)34-13-6-5-7-14-34)39-28-23-36(24-29-39)37-25-30-41-40-15-8-10-18-45(40)54(3,4)48(41)33-37/h5-33H,1-4H3. The Bertz CT molecular complexity index is 3000. The Labute approximate surface area is 328 Å². The largest absolute Gasteiger partial charge is 0.453 e. The van der Waals surface area contributed by atoms with Crippen LogP contribution in [-0.4, -0.2) is 0 Å². The van der Waals surface area contributed by atoms with Crippen LogP contribution in [0.2, 0.25) is 0 Å². The van der Waals surface area contributed by atoms with Gasteiger partial charge in [-0.25, -0.2) is 0 Å². The van der Waals surface area contributed by atoms with Crippen molar-refractivity contribution in [1.82, 2.24) is 0 Å². The maximum atomic E-state index is 7.13. The third-order valence-corrected chi connectivity index (χ3v) is 12.7. The van der Waals surface area contributed by atoms with E-state index in [1.807, 2.05) is 0 Å². The van der Waals surface area contributed by atoms with Crippen molar-refractivity contribution >= 4 is 39.0 Å². The van der Waals surface area contributed by atoms with E-state index in [9.17, 15) is 0 Å². The average Bonchev–Trinajstić information content (AvgIpc) is 3.82. The molecule has 2 aliphatic rings. The number of hydrogen-bond donors (Lipinski definition) is 0. The van der Waals surface area contributed by atoms with Gasteiger partial charge in [0.15, 0.2) is 5.58 Å². The fraction of sp³-hybridized carbons (Fsp3) is 0.111. The highest BCUT2D eigenvalue weighted by atomic mass is 16.3. The number of hydrogen-bond acceptors (Lipinski definition) is 2. The summed E-state index contributed by atoms with van der Waals surface area (Å²) >= 11 is 0. The topological polar surface area (TPSA) is 16.4 Å². The predicted molar refractivity (Wildman–Crippen MR) is 234 cm³/mol. The van der Waals surface area contributed by atoms with Gasteiger partial charge in [0, 0.05) is 38.5 Å². The monoisotopic (exact) mass is 719 g/mol. The second-order valence-electron chi connectivity index (χ2n) is 16.5. The molecule has 8 aromatic carbocycles. The van der Waals surface area contributed by atoms with Gasteiger partial charge in [-0.15, -0.1) is 0 Å². The first-order chi connectivity index (χ1) is 27.3. The molecule has 9 aromatic rings. The summed E-state index contributed by atoms with van der Waals surface area (Å²) < 4.78 is 7.13. The SMILES string of the molecule is CC1(C)c2ccccc2-c2ccc(-c3ccc(N(c4ccc(-c5ccccc5)cc4)c4cccc5c4oc4c6c(ccc45)C(C)(C)c4ccccc4-6)cc3)cc21. The van der Waals surface area contributed by atoms with E-state index in [2.05, 4.69) is 209 Å². The highest BCUT2D eigenvalue weighted by Crippen LogP contribution is 2.54. The summed E-state index contributed by atoms with van der Waals surface area (Å²) in [7, 11) is 0. The minimum atomic E-state index is -0.102. The molecule has 56 heavy (non-hydrogen) atoms. The van der Waals surface area contributed by atoms with Crippen LogP contribution in [-0.2, 0) is 10.8 Å². The van der Waals surface area contributed by atoms with Gasteiger partial charge in [-0.2, -0.15) is 0 Å². The van der Waals surface area contributed by atoms with E-state index in [-0.39, 0.29) is 10.8 Å². The third-order valence-electron chi connectivity index (χ3n) is 12.7. The van der Waals surface area contributed by atoms with E-state index in [0.29, 0.717) is 0 Å². The Morgan fingerprint density at radius 2 is 0.911 bits per heavy atom. The smallest absolute Gasteiger partial charge is 0.159 e. The molecular weight excluding hydrogens is 679 g/mol. The van der Waals surface area contributed by atoms with Gasteiger partial charge in [0.1, 0.15) is 5.58 Å². The van der Waals surface area contributed by atoms with Crippen molar-refractivity contribution in [3.63, 3.8) is 0 Å². The molecule has 0 fully saturated rings. The number of rotatable bonds is 5. The third kappa shape index (κ3) is 4.69.